The van der Waals surface area contributed by atoms with Gasteiger partial charge in [0.15, 0.2) is 0 Å². The van der Waals surface area contributed by atoms with Gasteiger partial charge in [0.05, 0.1) is 17.6 Å². The summed E-state index contributed by atoms with van der Waals surface area (Å²) in [4.78, 5) is 9.58. The van der Waals surface area contributed by atoms with Crippen LogP contribution >= 0.6 is 0 Å². The van der Waals surface area contributed by atoms with Crippen LogP contribution in [-0.2, 0) is 13.1 Å². The predicted octanol–water partition coefficient (Wildman–Crippen LogP) is 4.76. The van der Waals surface area contributed by atoms with Crippen LogP contribution in [0.4, 0.5) is 0 Å². The van der Waals surface area contributed by atoms with E-state index in [-0.39, 0.29) is 0 Å². The zero-order valence-electron chi connectivity index (χ0n) is 18.5. The number of rotatable bonds is 6. The van der Waals surface area contributed by atoms with Crippen molar-refractivity contribution < 1.29 is 0 Å². The van der Waals surface area contributed by atoms with Gasteiger partial charge in [-0.25, -0.2) is 0 Å². The van der Waals surface area contributed by atoms with Crippen LogP contribution < -0.4 is 0 Å². The highest BCUT2D eigenvalue weighted by molar-refractivity contribution is 5.69. The molecule has 5 rings (SSSR count). The summed E-state index contributed by atoms with van der Waals surface area (Å²) in [5.74, 6) is 0. The lowest BCUT2D eigenvalue weighted by Crippen LogP contribution is -2.45. The zero-order chi connectivity index (χ0) is 21.8. The minimum absolute atomic E-state index is 0.919. The first-order valence-electron chi connectivity index (χ1n) is 11.3. The summed E-state index contributed by atoms with van der Waals surface area (Å²) in [5, 5.41) is 7.58. The second kappa shape index (κ2) is 9.47. The van der Waals surface area contributed by atoms with E-state index in [9.17, 15) is 0 Å². The van der Waals surface area contributed by atoms with Crippen LogP contribution in [0.2, 0.25) is 0 Å². The molecule has 0 bridgehead atoms. The fraction of sp³-hybridized carbons (Fsp3) is 0.259. The minimum Gasteiger partial charge on any atom is -0.296 e. The van der Waals surface area contributed by atoms with Gasteiger partial charge < -0.3 is 0 Å². The Kier molecular flexibility index (Phi) is 6.10. The molecule has 0 atom stereocenters. The smallest absolute Gasteiger partial charge is 0.0695 e. The van der Waals surface area contributed by atoms with Crippen LogP contribution in [0.25, 0.3) is 22.4 Å². The molecule has 162 valence electrons. The van der Waals surface area contributed by atoms with E-state index in [1.165, 1.54) is 33.5 Å². The lowest BCUT2D eigenvalue weighted by molar-refractivity contribution is 0.121. The van der Waals surface area contributed by atoms with Crippen molar-refractivity contribution in [1.29, 1.82) is 0 Å². The van der Waals surface area contributed by atoms with Gasteiger partial charge in [0.2, 0.25) is 0 Å². The van der Waals surface area contributed by atoms with Gasteiger partial charge in [-0.05, 0) is 35.2 Å². The van der Waals surface area contributed by atoms with E-state index in [0.717, 1.165) is 45.0 Å². The second-order valence-electron chi connectivity index (χ2n) is 8.53. The molecule has 0 saturated carbocycles. The van der Waals surface area contributed by atoms with E-state index in [2.05, 4.69) is 86.5 Å². The Balaban J connectivity index is 1.21. The number of aryl methyl sites for hydroxylation is 1. The molecule has 0 radical (unpaired) electrons. The fourth-order valence-electron chi connectivity index (χ4n) is 4.38. The van der Waals surface area contributed by atoms with Gasteiger partial charge in [-0.1, -0.05) is 60.7 Å². The molecule has 1 aliphatic heterocycles. The Morgan fingerprint density at radius 1 is 0.750 bits per heavy atom. The Hall–Kier alpha value is -3.28. The fourth-order valence-corrected chi connectivity index (χ4v) is 4.38. The number of pyridine rings is 1. The average molecular weight is 424 g/mol. The highest BCUT2D eigenvalue weighted by Gasteiger charge is 2.20. The number of nitrogens with zero attached hydrogens (tertiary/aromatic N) is 4. The Morgan fingerprint density at radius 2 is 1.41 bits per heavy atom. The summed E-state index contributed by atoms with van der Waals surface area (Å²) >= 11 is 0. The number of piperazine rings is 1. The van der Waals surface area contributed by atoms with Gasteiger partial charge >= 0.3 is 0 Å². The monoisotopic (exact) mass is 423 g/mol. The first-order chi connectivity index (χ1) is 15.8. The molecule has 1 aliphatic rings. The first-order valence-corrected chi connectivity index (χ1v) is 11.3. The minimum atomic E-state index is 0.919. The topological polar surface area (TPSA) is 48.1 Å². The van der Waals surface area contributed by atoms with Crippen molar-refractivity contribution in [2.24, 2.45) is 0 Å². The molecule has 0 aliphatic carbocycles. The Labute approximate surface area is 189 Å². The SMILES string of the molecule is Cc1cccnc1CN1CCN(Cc2cn[nH]c2-c2ccc(-c3ccccc3)cc2)CC1. The number of aromatic amines is 1. The molecule has 1 N–H and O–H groups in total. The standard InChI is InChI=1S/C27H29N5/c1-21-6-5-13-28-26(21)20-32-16-14-31(15-17-32)19-25-18-29-30-27(25)24-11-9-23(10-12-24)22-7-3-2-4-8-22/h2-13,18H,14-17,19-20H2,1H3,(H,29,30). The van der Waals surface area contributed by atoms with Gasteiger partial charge in [-0.2, -0.15) is 5.10 Å². The molecule has 0 spiro atoms. The summed E-state index contributed by atoms with van der Waals surface area (Å²) in [6.45, 7) is 8.25. The number of benzene rings is 2. The van der Waals surface area contributed by atoms with Crippen LogP contribution in [0.3, 0.4) is 0 Å². The van der Waals surface area contributed by atoms with Crippen molar-refractivity contribution in [3.05, 3.63) is 95.9 Å². The highest BCUT2D eigenvalue weighted by Crippen LogP contribution is 2.26. The highest BCUT2D eigenvalue weighted by atomic mass is 15.3. The molecule has 32 heavy (non-hydrogen) atoms. The van der Waals surface area contributed by atoms with E-state index in [1.54, 1.807) is 0 Å². The lowest BCUT2D eigenvalue weighted by Gasteiger charge is -2.34. The van der Waals surface area contributed by atoms with Gasteiger partial charge in [0.25, 0.3) is 0 Å². The molecule has 3 heterocycles. The van der Waals surface area contributed by atoms with Crippen molar-refractivity contribution in [3.8, 4) is 22.4 Å². The van der Waals surface area contributed by atoms with Gasteiger partial charge in [0.1, 0.15) is 0 Å². The summed E-state index contributed by atoms with van der Waals surface area (Å²) < 4.78 is 0. The van der Waals surface area contributed by atoms with Crippen LogP contribution in [0.15, 0.2) is 79.1 Å². The molecule has 4 aromatic rings. The maximum Gasteiger partial charge on any atom is 0.0695 e. The van der Waals surface area contributed by atoms with E-state index in [1.807, 2.05) is 24.5 Å². The second-order valence-corrected chi connectivity index (χ2v) is 8.53. The predicted molar refractivity (Wildman–Crippen MR) is 129 cm³/mol. The van der Waals surface area contributed by atoms with Gasteiger partial charge in [0, 0.05) is 51.0 Å². The van der Waals surface area contributed by atoms with Crippen LogP contribution in [0, 0.1) is 6.92 Å². The van der Waals surface area contributed by atoms with Crippen molar-refractivity contribution in [1.82, 2.24) is 25.0 Å². The van der Waals surface area contributed by atoms with Gasteiger partial charge in [-0.15, -0.1) is 0 Å². The maximum atomic E-state index is 4.56. The quantitative estimate of drug-likeness (QED) is 0.486. The third kappa shape index (κ3) is 4.64. The van der Waals surface area contributed by atoms with Crippen molar-refractivity contribution >= 4 is 0 Å². The summed E-state index contributed by atoms with van der Waals surface area (Å²) in [6.07, 6.45) is 3.87. The molecule has 1 fully saturated rings. The summed E-state index contributed by atoms with van der Waals surface area (Å²) in [5.41, 5.74) is 8.50. The molecule has 2 aromatic carbocycles. The number of aromatic nitrogens is 3. The van der Waals surface area contributed by atoms with E-state index >= 15 is 0 Å². The van der Waals surface area contributed by atoms with Crippen molar-refractivity contribution in [3.63, 3.8) is 0 Å². The molecule has 0 amide bonds. The molecule has 5 heteroatoms. The zero-order valence-corrected chi connectivity index (χ0v) is 18.5. The average Bonchev–Trinajstić information content (AvgIpc) is 3.30. The summed E-state index contributed by atoms with van der Waals surface area (Å²) in [6, 6.07) is 23.4. The molecule has 0 unspecified atom stereocenters. The van der Waals surface area contributed by atoms with Gasteiger partial charge in [-0.3, -0.25) is 19.9 Å². The van der Waals surface area contributed by atoms with Crippen LogP contribution in [-0.4, -0.2) is 51.2 Å². The molecular formula is C27H29N5. The maximum absolute atomic E-state index is 4.56. The third-order valence-corrected chi connectivity index (χ3v) is 6.35. The lowest BCUT2D eigenvalue weighted by atomic mass is 10.0. The largest absolute Gasteiger partial charge is 0.296 e. The van der Waals surface area contributed by atoms with E-state index in [0.29, 0.717) is 0 Å². The molecule has 5 nitrogen and oxygen atoms in total. The molecule has 2 aromatic heterocycles. The third-order valence-electron chi connectivity index (χ3n) is 6.35. The first kappa shape index (κ1) is 20.6. The molecular weight excluding hydrogens is 394 g/mol. The number of H-pyrrole nitrogens is 1. The summed E-state index contributed by atoms with van der Waals surface area (Å²) in [7, 11) is 0. The van der Waals surface area contributed by atoms with E-state index in [4.69, 9.17) is 0 Å². The Bertz CT molecular complexity index is 1140. The number of hydrogen-bond donors (Lipinski definition) is 1. The number of nitrogens with one attached hydrogen (secondary N) is 1. The Morgan fingerprint density at radius 3 is 2.12 bits per heavy atom. The van der Waals surface area contributed by atoms with E-state index < -0.39 is 0 Å². The molecule has 1 saturated heterocycles. The number of hydrogen-bond acceptors (Lipinski definition) is 4. The van der Waals surface area contributed by atoms with Crippen molar-refractivity contribution in [2.45, 2.75) is 20.0 Å². The van der Waals surface area contributed by atoms with Crippen LogP contribution in [0.1, 0.15) is 16.8 Å². The van der Waals surface area contributed by atoms with Crippen LogP contribution in [0.5, 0.6) is 0 Å². The van der Waals surface area contributed by atoms with Crippen molar-refractivity contribution in [2.75, 3.05) is 26.2 Å². The normalized spacial score (nSPS) is 15.2.